The van der Waals surface area contributed by atoms with E-state index in [0.29, 0.717) is 15.1 Å². The lowest BCUT2D eigenvalue weighted by atomic mass is 10.2. The highest BCUT2D eigenvalue weighted by Gasteiger charge is 2.11. The van der Waals surface area contributed by atoms with Gasteiger partial charge in [-0.25, -0.2) is 17.8 Å². The summed E-state index contributed by atoms with van der Waals surface area (Å²) < 4.78 is 39.7. The molecule has 8 heteroatoms. The molecule has 0 fully saturated rings. The first-order valence-corrected chi connectivity index (χ1v) is 8.35. The van der Waals surface area contributed by atoms with E-state index in [1.54, 1.807) is 24.3 Å². The molecule has 0 aliphatic rings. The van der Waals surface area contributed by atoms with Gasteiger partial charge in [0.05, 0.1) is 5.41 Å². The summed E-state index contributed by atoms with van der Waals surface area (Å²) in [4.78, 5) is 3.66. The molecule has 0 aliphatic carbocycles. The molecule has 0 unspecified atom stereocenters. The summed E-state index contributed by atoms with van der Waals surface area (Å²) in [5.74, 6) is -1.15. The van der Waals surface area contributed by atoms with Crippen molar-refractivity contribution in [2.24, 2.45) is 0 Å². The first kappa shape index (κ1) is 15.9. The number of halogens is 3. The van der Waals surface area contributed by atoms with Crippen molar-refractivity contribution in [1.29, 1.82) is 0 Å². The van der Waals surface area contributed by atoms with Gasteiger partial charge in [0.1, 0.15) is 0 Å². The van der Waals surface area contributed by atoms with Gasteiger partial charge in [0.2, 0.25) is 0 Å². The number of sulfonamides is 1. The molecule has 1 aromatic carbocycles. The molecule has 0 spiro atoms. The summed E-state index contributed by atoms with van der Waals surface area (Å²) in [5.41, 5.74) is 0.536. The van der Waals surface area contributed by atoms with E-state index in [9.17, 15) is 12.8 Å². The van der Waals surface area contributed by atoms with Gasteiger partial charge in [-0.1, -0.05) is 29.8 Å². The van der Waals surface area contributed by atoms with Crippen LogP contribution >= 0.6 is 27.5 Å². The highest BCUT2D eigenvalue weighted by atomic mass is 79.9. The zero-order valence-corrected chi connectivity index (χ0v) is 13.6. The van der Waals surface area contributed by atoms with Crippen molar-refractivity contribution < 1.29 is 12.8 Å². The quantitative estimate of drug-likeness (QED) is 0.855. The molecule has 4 nitrogen and oxygen atoms in total. The Morgan fingerprint density at radius 2 is 2.05 bits per heavy atom. The van der Waals surface area contributed by atoms with Gasteiger partial charge >= 0.3 is 0 Å². The Balaban J connectivity index is 2.21. The smallest absolute Gasteiger partial charge is 0.256 e. The van der Waals surface area contributed by atoms with Crippen molar-refractivity contribution in [3.63, 3.8) is 0 Å². The number of pyridine rings is 1. The third-order valence-electron chi connectivity index (χ3n) is 2.38. The molecule has 1 aromatic heterocycles. The largest absolute Gasteiger partial charge is 0.261 e. The molecule has 0 saturated carbocycles. The zero-order chi connectivity index (χ0) is 15.5. The molecule has 2 aromatic rings. The van der Waals surface area contributed by atoms with E-state index in [2.05, 4.69) is 20.9 Å². The third kappa shape index (κ3) is 4.52. The van der Waals surface area contributed by atoms with E-state index < -0.39 is 15.8 Å². The van der Waals surface area contributed by atoms with Crippen molar-refractivity contribution in [3.05, 3.63) is 62.8 Å². The molecule has 0 radical (unpaired) electrons. The lowest BCUT2D eigenvalue weighted by Crippen LogP contribution is -2.11. The van der Waals surface area contributed by atoms with Gasteiger partial charge in [-0.05, 0) is 39.7 Å². The summed E-state index contributed by atoms with van der Waals surface area (Å²) in [6, 6.07) is 7.86. The minimum atomic E-state index is -3.89. The lowest BCUT2D eigenvalue weighted by molar-refractivity contribution is 0.604. The molecule has 0 saturated heterocycles. The first-order chi connectivity index (χ1) is 9.87. The van der Waals surface area contributed by atoms with Gasteiger partial charge in [0.15, 0.2) is 11.6 Å². The van der Waals surface area contributed by atoms with Gasteiger partial charge < -0.3 is 0 Å². The number of anilines is 1. The zero-order valence-electron chi connectivity index (χ0n) is 10.4. The number of hydrogen-bond acceptors (Lipinski definition) is 3. The van der Waals surface area contributed by atoms with Gasteiger partial charge in [0.25, 0.3) is 10.0 Å². The van der Waals surface area contributed by atoms with Crippen LogP contribution < -0.4 is 4.72 Å². The van der Waals surface area contributed by atoms with Crippen molar-refractivity contribution in [2.45, 2.75) is 0 Å². The van der Waals surface area contributed by atoms with Crippen LogP contribution in [-0.2, 0) is 10.0 Å². The Morgan fingerprint density at radius 1 is 1.33 bits per heavy atom. The fraction of sp³-hybridized carbons (Fsp3) is 0. The second kappa shape index (κ2) is 6.55. The van der Waals surface area contributed by atoms with E-state index in [0.717, 1.165) is 11.5 Å². The first-order valence-electron chi connectivity index (χ1n) is 5.64. The van der Waals surface area contributed by atoms with Crippen LogP contribution in [0.25, 0.3) is 6.08 Å². The van der Waals surface area contributed by atoms with E-state index in [1.165, 1.54) is 12.3 Å². The topological polar surface area (TPSA) is 59.1 Å². The Hall–Kier alpha value is -1.44. The van der Waals surface area contributed by atoms with E-state index in [4.69, 9.17) is 11.6 Å². The predicted molar refractivity (Wildman–Crippen MR) is 84.9 cm³/mol. The standard InChI is InChI=1S/C13H9BrClFN2O2S/c14-10-7-12(16)13(17-8-10)18-21(19,20)6-5-9-3-1-2-4-11(9)15/h1-8H,(H,17,18). The van der Waals surface area contributed by atoms with Gasteiger partial charge in [-0.15, -0.1) is 0 Å². The summed E-state index contributed by atoms with van der Waals surface area (Å²) in [6.07, 6.45) is 2.61. The number of nitrogens with one attached hydrogen (secondary N) is 1. The van der Waals surface area contributed by atoms with Crippen LogP contribution in [0.5, 0.6) is 0 Å². The Bertz CT molecular complexity index is 797. The summed E-state index contributed by atoms with van der Waals surface area (Å²) in [7, 11) is -3.89. The molecule has 0 bridgehead atoms. The van der Waals surface area contributed by atoms with Crippen LogP contribution in [0.2, 0.25) is 5.02 Å². The monoisotopic (exact) mass is 390 g/mol. The highest BCUT2D eigenvalue weighted by molar-refractivity contribution is 9.10. The van der Waals surface area contributed by atoms with Crippen LogP contribution in [-0.4, -0.2) is 13.4 Å². The maximum atomic E-state index is 13.5. The van der Waals surface area contributed by atoms with E-state index in [1.807, 2.05) is 4.72 Å². The van der Waals surface area contributed by atoms with Gasteiger partial charge in [-0.2, -0.15) is 0 Å². The van der Waals surface area contributed by atoms with Crippen LogP contribution in [0.3, 0.4) is 0 Å². The molecule has 0 atom stereocenters. The maximum Gasteiger partial charge on any atom is 0.256 e. The summed E-state index contributed by atoms with van der Waals surface area (Å²) in [5, 5.41) is 1.31. The summed E-state index contributed by atoms with van der Waals surface area (Å²) in [6.45, 7) is 0. The van der Waals surface area contributed by atoms with Crippen molar-refractivity contribution >= 4 is 49.4 Å². The molecule has 1 heterocycles. The average Bonchev–Trinajstić information content (AvgIpc) is 2.41. The SMILES string of the molecule is O=S(=O)(C=Cc1ccccc1Cl)Nc1ncc(Br)cc1F. The lowest BCUT2D eigenvalue weighted by Gasteiger charge is -2.05. The Labute approximate surface area is 134 Å². The highest BCUT2D eigenvalue weighted by Crippen LogP contribution is 2.19. The second-order valence-electron chi connectivity index (χ2n) is 3.96. The van der Waals surface area contributed by atoms with Crippen LogP contribution in [0.1, 0.15) is 5.56 Å². The van der Waals surface area contributed by atoms with Crippen LogP contribution in [0.15, 0.2) is 46.4 Å². The number of nitrogens with zero attached hydrogens (tertiary/aromatic N) is 1. The minimum Gasteiger partial charge on any atom is -0.261 e. The maximum absolute atomic E-state index is 13.5. The Morgan fingerprint density at radius 3 is 2.71 bits per heavy atom. The van der Waals surface area contributed by atoms with Crippen molar-refractivity contribution in [1.82, 2.24) is 4.98 Å². The van der Waals surface area contributed by atoms with Crippen LogP contribution in [0.4, 0.5) is 10.2 Å². The predicted octanol–water partition coefficient (Wildman–Crippen LogP) is 4.05. The number of benzene rings is 1. The molecule has 1 N–H and O–H groups in total. The molecular formula is C13H9BrClFN2O2S. The fourth-order valence-corrected chi connectivity index (χ4v) is 2.75. The van der Waals surface area contributed by atoms with Crippen molar-refractivity contribution in [2.75, 3.05) is 4.72 Å². The Kier molecular flexibility index (Phi) is 4.97. The van der Waals surface area contributed by atoms with Crippen molar-refractivity contribution in [3.8, 4) is 0 Å². The molecular weight excluding hydrogens is 383 g/mol. The molecule has 110 valence electrons. The number of rotatable bonds is 4. The normalized spacial score (nSPS) is 11.8. The molecule has 2 rings (SSSR count). The number of aromatic nitrogens is 1. The van der Waals surface area contributed by atoms with Crippen LogP contribution in [0, 0.1) is 5.82 Å². The van der Waals surface area contributed by atoms with Gasteiger partial charge in [0, 0.05) is 15.7 Å². The molecule has 0 amide bonds. The number of hydrogen-bond donors (Lipinski definition) is 1. The van der Waals surface area contributed by atoms with E-state index in [-0.39, 0.29) is 5.82 Å². The third-order valence-corrected chi connectivity index (χ3v) is 4.13. The minimum absolute atomic E-state index is 0.373. The average molecular weight is 392 g/mol. The molecule has 0 aliphatic heterocycles. The second-order valence-corrected chi connectivity index (χ2v) is 6.84. The van der Waals surface area contributed by atoms with Gasteiger partial charge in [-0.3, -0.25) is 4.72 Å². The fourth-order valence-electron chi connectivity index (χ4n) is 1.43. The van der Waals surface area contributed by atoms with E-state index >= 15 is 0 Å². The molecule has 21 heavy (non-hydrogen) atoms. The summed E-state index contributed by atoms with van der Waals surface area (Å²) >= 11 is 8.95.